The van der Waals surface area contributed by atoms with Gasteiger partial charge in [-0.25, -0.2) is 19.2 Å². The van der Waals surface area contributed by atoms with Crippen molar-refractivity contribution in [2.24, 2.45) is 5.73 Å². The number of alkyl halides is 1. The number of nitrogens with two attached hydrogens (primary N) is 1. The van der Waals surface area contributed by atoms with E-state index in [1.54, 1.807) is 52.1 Å². The van der Waals surface area contributed by atoms with Gasteiger partial charge in [-0.05, 0) is 45.7 Å². The first-order valence-corrected chi connectivity index (χ1v) is 12.1. The van der Waals surface area contributed by atoms with E-state index in [9.17, 15) is 18.8 Å². The highest BCUT2D eigenvalue weighted by atomic mass is 19.1. The molecule has 208 valence electrons. The zero-order valence-corrected chi connectivity index (χ0v) is 22.6. The van der Waals surface area contributed by atoms with Gasteiger partial charge in [-0.2, -0.15) is 0 Å². The van der Waals surface area contributed by atoms with Gasteiger partial charge < -0.3 is 31.2 Å². The number of anilines is 3. The van der Waals surface area contributed by atoms with Crippen LogP contribution in [0.1, 0.15) is 50.3 Å². The van der Waals surface area contributed by atoms with Gasteiger partial charge in [0, 0.05) is 32.4 Å². The molecule has 38 heavy (non-hydrogen) atoms. The van der Waals surface area contributed by atoms with Crippen LogP contribution in [0.15, 0.2) is 24.3 Å². The van der Waals surface area contributed by atoms with E-state index in [4.69, 9.17) is 15.2 Å². The first kappa shape index (κ1) is 30.1. The molecule has 0 aliphatic heterocycles. The SMILES string of the molecule is CCc1nc(C(N)=O)c(Nc2cccc(OCCCNC(=O)[C@H](F)N(C)C(=O)OC(C)(C)C)c2)nc1NC. The predicted molar refractivity (Wildman–Crippen MR) is 141 cm³/mol. The van der Waals surface area contributed by atoms with Crippen LogP contribution in [-0.2, 0) is 16.0 Å². The lowest BCUT2D eigenvalue weighted by molar-refractivity contribution is -0.131. The van der Waals surface area contributed by atoms with Gasteiger partial charge in [-0.1, -0.05) is 13.0 Å². The van der Waals surface area contributed by atoms with Crippen molar-refractivity contribution < 1.29 is 28.2 Å². The van der Waals surface area contributed by atoms with Crippen molar-refractivity contribution >= 4 is 35.2 Å². The molecule has 0 spiro atoms. The van der Waals surface area contributed by atoms with E-state index in [1.165, 1.54) is 0 Å². The molecule has 0 aliphatic carbocycles. The Balaban J connectivity index is 1.90. The third kappa shape index (κ3) is 8.75. The number of rotatable bonds is 12. The zero-order chi connectivity index (χ0) is 28.5. The number of amides is 3. The van der Waals surface area contributed by atoms with Gasteiger partial charge in [-0.3, -0.25) is 14.5 Å². The van der Waals surface area contributed by atoms with Gasteiger partial charge in [-0.15, -0.1) is 0 Å². The standard InChI is InChI=1S/C25H36FN7O5/c1-7-17-21(28-5)32-22(18(31-17)20(27)34)30-15-10-8-11-16(14-15)37-13-9-12-29-23(35)19(26)33(6)24(36)38-25(2,3)4/h8,10-11,14,19H,7,9,12-13H2,1-6H3,(H2,27,34)(H,29,35)(H2,28,30,32)/t19-/m1/s1. The zero-order valence-electron chi connectivity index (χ0n) is 22.6. The van der Waals surface area contributed by atoms with Crippen LogP contribution in [0.5, 0.6) is 5.75 Å². The van der Waals surface area contributed by atoms with Crippen LogP contribution in [0.25, 0.3) is 0 Å². The number of primary amides is 1. The lowest BCUT2D eigenvalue weighted by atomic mass is 10.2. The maximum absolute atomic E-state index is 14.3. The number of hydrogen-bond acceptors (Lipinski definition) is 9. The summed E-state index contributed by atoms with van der Waals surface area (Å²) in [6.07, 6.45) is -2.17. The number of aromatic nitrogens is 2. The second-order valence-corrected chi connectivity index (χ2v) is 9.26. The van der Waals surface area contributed by atoms with Crippen molar-refractivity contribution in [1.29, 1.82) is 0 Å². The van der Waals surface area contributed by atoms with E-state index in [0.717, 1.165) is 7.05 Å². The molecule has 1 aromatic carbocycles. The van der Waals surface area contributed by atoms with Gasteiger partial charge in [0.25, 0.3) is 18.1 Å². The Labute approximate surface area is 221 Å². The first-order chi connectivity index (χ1) is 17.9. The number of ether oxygens (including phenoxy) is 2. The lowest BCUT2D eigenvalue weighted by Gasteiger charge is -2.26. The summed E-state index contributed by atoms with van der Waals surface area (Å²) in [6.45, 7) is 7.19. The molecule has 0 saturated heterocycles. The monoisotopic (exact) mass is 533 g/mol. The third-order valence-electron chi connectivity index (χ3n) is 5.00. The molecule has 12 nitrogen and oxygen atoms in total. The highest BCUT2D eigenvalue weighted by Crippen LogP contribution is 2.24. The average Bonchev–Trinajstić information content (AvgIpc) is 2.86. The van der Waals surface area contributed by atoms with E-state index in [0.29, 0.717) is 40.7 Å². The Morgan fingerprint density at radius 3 is 2.50 bits per heavy atom. The molecule has 0 fully saturated rings. The highest BCUT2D eigenvalue weighted by molar-refractivity contribution is 5.96. The summed E-state index contributed by atoms with van der Waals surface area (Å²) < 4.78 is 25.1. The number of carbonyl (C=O) groups excluding carboxylic acids is 3. The lowest BCUT2D eigenvalue weighted by Crippen LogP contribution is -2.47. The second-order valence-electron chi connectivity index (χ2n) is 9.26. The molecule has 1 aromatic heterocycles. The fourth-order valence-electron chi connectivity index (χ4n) is 3.14. The fraction of sp³-hybridized carbons (Fsp3) is 0.480. The number of nitrogens with zero attached hydrogens (tertiary/aromatic N) is 3. The number of likely N-dealkylation sites (N-methyl/N-ethyl adjacent to an activating group) is 1. The Bertz CT molecular complexity index is 1140. The summed E-state index contributed by atoms with van der Waals surface area (Å²) in [5, 5.41) is 8.43. The molecule has 0 bridgehead atoms. The molecule has 5 N–H and O–H groups in total. The third-order valence-corrected chi connectivity index (χ3v) is 5.00. The van der Waals surface area contributed by atoms with Gasteiger partial charge in [0.2, 0.25) is 0 Å². The number of aryl methyl sites for hydroxylation is 1. The number of halogens is 1. The average molecular weight is 534 g/mol. The number of carbonyl (C=O) groups is 3. The van der Waals surface area contributed by atoms with Crippen molar-refractivity contribution in [1.82, 2.24) is 20.2 Å². The number of hydrogen-bond donors (Lipinski definition) is 4. The minimum Gasteiger partial charge on any atom is -0.493 e. The summed E-state index contributed by atoms with van der Waals surface area (Å²) in [4.78, 5) is 45.2. The molecule has 13 heteroatoms. The van der Waals surface area contributed by atoms with E-state index in [2.05, 4.69) is 25.9 Å². The molecule has 1 heterocycles. The van der Waals surface area contributed by atoms with Crippen LogP contribution < -0.4 is 26.4 Å². The number of benzene rings is 1. The maximum atomic E-state index is 14.3. The molecule has 0 radical (unpaired) electrons. The normalized spacial score (nSPS) is 11.8. The minimum atomic E-state index is -2.18. The van der Waals surface area contributed by atoms with Crippen molar-refractivity contribution in [2.75, 3.05) is 37.9 Å². The summed E-state index contributed by atoms with van der Waals surface area (Å²) in [5.74, 6) is -0.411. The Morgan fingerprint density at radius 2 is 1.89 bits per heavy atom. The number of nitrogens with one attached hydrogen (secondary N) is 3. The predicted octanol–water partition coefficient (Wildman–Crippen LogP) is 2.97. The van der Waals surface area contributed by atoms with E-state index in [-0.39, 0.29) is 24.7 Å². The van der Waals surface area contributed by atoms with Crippen LogP contribution >= 0.6 is 0 Å². The van der Waals surface area contributed by atoms with Crippen LogP contribution in [-0.4, -0.2) is 71.9 Å². The molecule has 0 aliphatic rings. The largest absolute Gasteiger partial charge is 0.493 e. The van der Waals surface area contributed by atoms with Crippen molar-refractivity contribution in [2.45, 2.75) is 52.4 Å². The highest BCUT2D eigenvalue weighted by Gasteiger charge is 2.29. The van der Waals surface area contributed by atoms with Crippen LogP contribution in [0.4, 0.5) is 26.5 Å². The summed E-state index contributed by atoms with van der Waals surface area (Å²) >= 11 is 0. The van der Waals surface area contributed by atoms with Crippen LogP contribution in [0.2, 0.25) is 0 Å². The Hall–Kier alpha value is -4.16. The van der Waals surface area contributed by atoms with Gasteiger partial charge in [0.15, 0.2) is 11.5 Å². The van der Waals surface area contributed by atoms with E-state index < -0.39 is 29.8 Å². The Kier molecular flexibility index (Phi) is 10.6. The van der Waals surface area contributed by atoms with Crippen molar-refractivity contribution in [3.05, 3.63) is 35.7 Å². The smallest absolute Gasteiger partial charge is 0.412 e. The van der Waals surface area contributed by atoms with Crippen molar-refractivity contribution in [3.63, 3.8) is 0 Å². The maximum Gasteiger partial charge on any atom is 0.412 e. The molecular weight excluding hydrogens is 497 g/mol. The molecule has 0 unspecified atom stereocenters. The second kappa shape index (κ2) is 13.4. The quantitative estimate of drug-likeness (QED) is 0.237. The molecule has 1 atom stereocenters. The van der Waals surface area contributed by atoms with Gasteiger partial charge in [0.05, 0.1) is 12.3 Å². The van der Waals surface area contributed by atoms with Crippen LogP contribution in [0, 0.1) is 0 Å². The van der Waals surface area contributed by atoms with Gasteiger partial charge in [0.1, 0.15) is 17.2 Å². The Morgan fingerprint density at radius 1 is 1.18 bits per heavy atom. The topological polar surface area (TPSA) is 161 Å². The molecule has 3 amide bonds. The van der Waals surface area contributed by atoms with E-state index in [1.807, 2.05) is 6.92 Å². The van der Waals surface area contributed by atoms with Gasteiger partial charge >= 0.3 is 6.09 Å². The molecule has 0 saturated carbocycles. The summed E-state index contributed by atoms with van der Waals surface area (Å²) in [7, 11) is 2.86. The minimum absolute atomic E-state index is 0.0198. The first-order valence-electron chi connectivity index (χ1n) is 12.1. The summed E-state index contributed by atoms with van der Waals surface area (Å²) in [5.41, 5.74) is 5.91. The molecular formula is C25H36FN7O5. The van der Waals surface area contributed by atoms with Crippen molar-refractivity contribution in [3.8, 4) is 5.75 Å². The summed E-state index contributed by atoms with van der Waals surface area (Å²) in [6, 6.07) is 6.94. The molecule has 2 aromatic rings. The van der Waals surface area contributed by atoms with E-state index >= 15 is 0 Å². The fourth-order valence-corrected chi connectivity index (χ4v) is 3.14. The van der Waals surface area contributed by atoms with Crippen LogP contribution in [0.3, 0.4) is 0 Å². The molecule has 2 rings (SSSR count).